The SMILES string of the molecule is CCc1nccn1CC(NC)(C(=O)O)C1CC1. The van der Waals surface area contributed by atoms with Crippen molar-refractivity contribution < 1.29 is 9.90 Å². The number of rotatable bonds is 6. The van der Waals surface area contributed by atoms with Gasteiger partial charge in [0.15, 0.2) is 0 Å². The normalized spacial score (nSPS) is 18.9. The van der Waals surface area contributed by atoms with Crippen LogP contribution in [0, 0.1) is 5.92 Å². The first kappa shape index (κ1) is 12.1. The Balaban J connectivity index is 2.26. The third-order valence-electron chi connectivity index (χ3n) is 3.64. The summed E-state index contributed by atoms with van der Waals surface area (Å²) in [4.78, 5) is 15.8. The molecule has 1 heterocycles. The van der Waals surface area contributed by atoms with Crippen LogP contribution in [0.5, 0.6) is 0 Å². The lowest BCUT2D eigenvalue weighted by Gasteiger charge is -2.30. The molecule has 0 saturated heterocycles. The van der Waals surface area contributed by atoms with Gasteiger partial charge in [0.2, 0.25) is 0 Å². The Kier molecular flexibility index (Phi) is 3.19. The Morgan fingerprint density at radius 3 is 2.88 bits per heavy atom. The molecule has 1 saturated carbocycles. The summed E-state index contributed by atoms with van der Waals surface area (Å²) in [5.41, 5.74) is -0.843. The van der Waals surface area contributed by atoms with E-state index in [1.165, 1.54) is 0 Å². The van der Waals surface area contributed by atoms with E-state index in [0.29, 0.717) is 6.54 Å². The number of hydrogen-bond donors (Lipinski definition) is 2. The van der Waals surface area contributed by atoms with Gasteiger partial charge in [-0.2, -0.15) is 0 Å². The number of likely N-dealkylation sites (N-methyl/N-ethyl adjacent to an activating group) is 1. The summed E-state index contributed by atoms with van der Waals surface area (Å²) in [7, 11) is 1.73. The number of aromatic nitrogens is 2. The molecule has 0 bridgehead atoms. The Bertz CT molecular complexity index is 412. The zero-order valence-electron chi connectivity index (χ0n) is 10.3. The van der Waals surface area contributed by atoms with Crippen molar-refractivity contribution in [1.82, 2.24) is 14.9 Å². The van der Waals surface area contributed by atoms with E-state index in [-0.39, 0.29) is 5.92 Å². The summed E-state index contributed by atoms with van der Waals surface area (Å²) >= 11 is 0. The van der Waals surface area contributed by atoms with Gasteiger partial charge in [-0.15, -0.1) is 0 Å². The van der Waals surface area contributed by atoms with Crippen molar-refractivity contribution in [3.05, 3.63) is 18.2 Å². The predicted molar refractivity (Wildman–Crippen MR) is 63.8 cm³/mol. The molecule has 2 rings (SSSR count). The average molecular weight is 237 g/mol. The number of nitrogens with one attached hydrogen (secondary N) is 1. The minimum Gasteiger partial charge on any atom is -0.480 e. The lowest BCUT2D eigenvalue weighted by atomic mass is 9.93. The van der Waals surface area contributed by atoms with Crippen molar-refractivity contribution in [2.24, 2.45) is 5.92 Å². The molecule has 1 aromatic heterocycles. The summed E-state index contributed by atoms with van der Waals surface area (Å²) in [5.74, 6) is 0.405. The van der Waals surface area contributed by atoms with Crippen LogP contribution in [0.25, 0.3) is 0 Å². The van der Waals surface area contributed by atoms with E-state index in [4.69, 9.17) is 0 Å². The lowest BCUT2D eigenvalue weighted by Crippen LogP contribution is -2.55. The number of nitrogens with zero attached hydrogens (tertiary/aromatic N) is 2. The summed E-state index contributed by atoms with van der Waals surface area (Å²) in [6.07, 6.45) is 6.38. The monoisotopic (exact) mass is 237 g/mol. The van der Waals surface area contributed by atoms with Gasteiger partial charge in [-0.05, 0) is 25.8 Å². The molecule has 5 nitrogen and oxygen atoms in total. The maximum atomic E-state index is 11.6. The van der Waals surface area contributed by atoms with Crippen LogP contribution in [-0.4, -0.2) is 33.2 Å². The van der Waals surface area contributed by atoms with Crippen molar-refractivity contribution in [2.45, 2.75) is 38.3 Å². The molecule has 5 heteroatoms. The number of hydrogen-bond acceptors (Lipinski definition) is 3. The minimum atomic E-state index is -0.843. The van der Waals surface area contributed by atoms with Crippen LogP contribution >= 0.6 is 0 Å². The third kappa shape index (κ3) is 2.07. The van der Waals surface area contributed by atoms with Crippen LogP contribution in [0.2, 0.25) is 0 Å². The summed E-state index contributed by atoms with van der Waals surface area (Å²) in [6.45, 7) is 2.48. The van der Waals surface area contributed by atoms with Gasteiger partial charge in [-0.25, -0.2) is 4.98 Å². The Hall–Kier alpha value is -1.36. The van der Waals surface area contributed by atoms with E-state index >= 15 is 0 Å². The summed E-state index contributed by atoms with van der Waals surface area (Å²) in [5, 5.41) is 12.5. The molecular weight excluding hydrogens is 218 g/mol. The van der Waals surface area contributed by atoms with Crippen molar-refractivity contribution in [3.63, 3.8) is 0 Å². The smallest absolute Gasteiger partial charge is 0.326 e. The van der Waals surface area contributed by atoms with Crippen LogP contribution < -0.4 is 5.32 Å². The van der Waals surface area contributed by atoms with Crippen molar-refractivity contribution in [3.8, 4) is 0 Å². The largest absolute Gasteiger partial charge is 0.480 e. The van der Waals surface area contributed by atoms with E-state index in [2.05, 4.69) is 10.3 Å². The summed E-state index contributed by atoms with van der Waals surface area (Å²) in [6, 6.07) is 0. The second kappa shape index (κ2) is 4.49. The highest BCUT2D eigenvalue weighted by molar-refractivity contribution is 5.79. The molecular formula is C12H19N3O2. The molecule has 1 unspecified atom stereocenters. The molecule has 1 aromatic rings. The zero-order chi connectivity index (χ0) is 12.5. The van der Waals surface area contributed by atoms with E-state index in [0.717, 1.165) is 25.1 Å². The molecule has 0 aliphatic heterocycles. The Morgan fingerprint density at radius 2 is 2.41 bits per heavy atom. The zero-order valence-corrected chi connectivity index (χ0v) is 10.3. The van der Waals surface area contributed by atoms with Gasteiger partial charge in [0.05, 0.1) is 6.54 Å². The fraction of sp³-hybridized carbons (Fsp3) is 0.667. The maximum Gasteiger partial charge on any atom is 0.326 e. The maximum absolute atomic E-state index is 11.6. The first-order chi connectivity index (χ1) is 8.14. The van der Waals surface area contributed by atoms with Gasteiger partial charge in [-0.1, -0.05) is 6.92 Å². The van der Waals surface area contributed by atoms with Crippen LogP contribution in [0.1, 0.15) is 25.6 Å². The molecule has 1 atom stereocenters. The van der Waals surface area contributed by atoms with Crippen LogP contribution in [0.4, 0.5) is 0 Å². The number of carbonyl (C=O) groups is 1. The molecule has 0 amide bonds. The van der Waals surface area contributed by atoms with Crippen molar-refractivity contribution >= 4 is 5.97 Å². The van der Waals surface area contributed by atoms with Gasteiger partial charge in [-0.3, -0.25) is 4.79 Å². The minimum absolute atomic E-state index is 0.233. The molecule has 0 radical (unpaired) electrons. The fourth-order valence-electron chi connectivity index (χ4n) is 2.40. The van der Waals surface area contributed by atoms with Gasteiger partial charge in [0.25, 0.3) is 0 Å². The first-order valence-electron chi connectivity index (χ1n) is 6.06. The molecule has 1 fully saturated rings. The van der Waals surface area contributed by atoms with Crippen LogP contribution in [0.15, 0.2) is 12.4 Å². The lowest BCUT2D eigenvalue weighted by molar-refractivity contribution is -0.146. The Labute approximate surface area is 101 Å². The second-order valence-electron chi connectivity index (χ2n) is 4.63. The van der Waals surface area contributed by atoms with E-state index < -0.39 is 11.5 Å². The van der Waals surface area contributed by atoms with Gasteiger partial charge >= 0.3 is 5.97 Å². The summed E-state index contributed by atoms with van der Waals surface area (Å²) < 4.78 is 1.95. The van der Waals surface area contributed by atoms with Gasteiger partial charge in [0, 0.05) is 18.8 Å². The highest BCUT2D eigenvalue weighted by Crippen LogP contribution is 2.40. The van der Waals surface area contributed by atoms with Crippen LogP contribution in [0.3, 0.4) is 0 Å². The van der Waals surface area contributed by atoms with E-state index in [1.807, 2.05) is 17.7 Å². The molecule has 1 aliphatic carbocycles. The highest BCUT2D eigenvalue weighted by Gasteiger charge is 2.50. The van der Waals surface area contributed by atoms with Gasteiger partial charge < -0.3 is 15.0 Å². The standard InChI is InChI=1S/C12H19N3O2/c1-3-10-14-6-7-15(10)8-12(13-2,11(16)17)9-4-5-9/h6-7,9,13H,3-5,8H2,1-2H3,(H,16,17). The molecule has 17 heavy (non-hydrogen) atoms. The van der Waals surface area contributed by atoms with Crippen molar-refractivity contribution in [1.29, 1.82) is 0 Å². The topological polar surface area (TPSA) is 67.2 Å². The number of carboxylic acid groups (broad SMARTS) is 1. The van der Waals surface area contributed by atoms with Crippen molar-refractivity contribution in [2.75, 3.05) is 7.05 Å². The predicted octanol–water partition coefficient (Wildman–Crippen LogP) is 0.898. The second-order valence-corrected chi connectivity index (χ2v) is 4.63. The quantitative estimate of drug-likeness (QED) is 0.771. The third-order valence-corrected chi connectivity index (χ3v) is 3.64. The molecule has 2 N–H and O–H groups in total. The van der Waals surface area contributed by atoms with Crippen LogP contribution in [-0.2, 0) is 17.8 Å². The van der Waals surface area contributed by atoms with E-state index in [9.17, 15) is 9.90 Å². The average Bonchev–Trinajstić information content (AvgIpc) is 3.06. The highest BCUT2D eigenvalue weighted by atomic mass is 16.4. The Morgan fingerprint density at radius 1 is 1.71 bits per heavy atom. The number of carboxylic acids is 1. The number of aliphatic carboxylic acids is 1. The van der Waals surface area contributed by atoms with E-state index in [1.54, 1.807) is 13.2 Å². The molecule has 0 aromatic carbocycles. The van der Waals surface area contributed by atoms with Gasteiger partial charge in [0.1, 0.15) is 11.4 Å². The number of aryl methyl sites for hydroxylation is 1. The molecule has 0 spiro atoms. The fourth-order valence-corrected chi connectivity index (χ4v) is 2.40. The molecule has 94 valence electrons. The number of imidazole rings is 1. The molecule has 1 aliphatic rings. The first-order valence-corrected chi connectivity index (χ1v) is 6.06.